The largest absolute Gasteiger partial charge is 0.506 e. The summed E-state index contributed by atoms with van der Waals surface area (Å²) in [5.41, 5.74) is 2.26. The first-order chi connectivity index (χ1) is 11.8. The smallest absolute Gasteiger partial charge is 0.420 e. The Kier molecular flexibility index (Phi) is 5.15. The van der Waals surface area contributed by atoms with Crippen LogP contribution in [0.5, 0.6) is 5.75 Å². The first kappa shape index (κ1) is 19.9. The van der Waals surface area contributed by atoms with E-state index in [0.717, 1.165) is 0 Å². The minimum absolute atomic E-state index is 0.0219. The molecule has 1 aliphatic heterocycles. The van der Waals surface area contributed by atoms with E-state index in [-0.39, 0.29) is 12.7 Å². The summed E-state index contributed by atoms with van der Waals surface area (Å²) in [5, 5.41) is 9.66. The van der Waals surface area contributed by atoms with Gasteiger partial charge in [-0.2, -0.15) is 13.2 Å². The van der Waals surface area contributed by atoms with E-state index in [2.05, 4.69) is 0 Å². The molecule has 1 heterocycles. The highest BCUT2D eigenvalue weighted by molar-refractivity contribution is 5.95. The number of carbonyl (C=O) groups is 2. The predicted molar refractivity (Wildman–Crippen MR) is 76.4 cm³/mol. The Bertz CT molecular complexity index is 734. The van der Waals surface area contributed by atoms with Gasteiger partial charge in [-0.1, -0.05) is 0 Å². The summed E-state index contributed by atoms with van der Waals surface area (Å²) in [6.07, 6.45) is -7.96. The van der Waals surface area contributed by atoms with E-state index in [9.17, 15) is 32.3 Å². The lowest BCUT2D eigenvalue weighted by Gasteiger charge is -2.22. The highest BCUT2D eigenvalue weighted by Gasteiger charge is 2.43. The zero-order valence-electron chi connectivity index (χ0n) is 13.6. The minimum Gasteiger partial charge on any atom is -0.506 e. The molecule has 2 rings (SSSR count). The Morgan fingerprint density at radius 2 is 2.00 bits per heavy atom. The third-order valence-electron chi connectivity index (χ3n) is 3.48. The number of alkyl halides is 3. The van der Waals surface area contributed by atoms with Crippen molar-refractivity contribution in [1.82, 2.24) is 0 Å². The number of primary amides is 1. The molecule has 1 fully saturated rings. The lowest BCUT2D eigenvalue weighted by Crippen LogP contribution is -2.44. The number of hydrogen-bond donors (Lipinski definition) is 2. The van der Waals surface area contributed by atoms with E-state index in [1.165, 1.54) is 13.8 Å². The molecule has 0 saturated carbocycles. The van der Waals surface area contributed by atoms with Gasteiger partial charge in [0.15, 0.2) is 5.79 Å². The normalized spacial score (nSPS) is 20.6. The molecule has 11 heteroatoms. The summed E-state index contributed by atoms with van der Waals surface area (Å²) in [7, 11) is 0. The van der Waals surface area contributed by atoms with Crippen LogP contribution in [0, 0.1) is 5.82 Å². The van der Waals surface area contributed by atoms with Crippen molar-refractivity contribution in [3.63, 3.8) is 0 Å². The van der Waals surface area contributed by atoms with Gasteiger partial charge in [-0.3, -0.25) is 4.79 Å². The molecule has 0 aliphatic carbocycles. The topological polar surface area (TPSA) is 108 Å². The lowest BCUT2D eigenvalue weighted by atomic mass is 10.1. The van der Waals surface area contributed by atoms with Gasteiger partial charge in [-0.05, 0) is 26.0 Å². The van der Waals surface area contributed by atoms with Gasteiger partial charge in [-0.25, -0.2) is 9.18 Å². The zero-order valence-corrected chi connectivity index (χ0v) is 13.6. The summed E-state index contributed by atoms with van der Waals surface area (Å²) >= 11 is 0. The fraction of sp³-hybridized carbons (Fsp3) is 0.467. The third kappa shape index (κ3) is 4.22. The number of phenolic OH excluding ortho intramolecular Hbond substituents is 1. The monoisotopic (exact) mass is 381 g/mol. The average Bonchev–Trinajstić information content (AvgIpc) is 2.84. The number of aromatic hydroxyl groups is 1. The second-order valence-corrected chi connectivity index (χ2v) is 5.94. The van der Waals surface area contributed by atoms with E-state index >= 15 is 0 Å². The average molecular weight is 381 g/mol. The maximum Gasteiger partial charge on any atom is 0.420 e. The highest BCUT2D eigenvalue weighted by atomic mass is 19.4. The van der Waals surface area contributed by atoms with E-state index in [0.29, 0.717) is 6.07 Å². The Morgan fingerprint density at radius 3 is 2.46 bits per heavy atom. The molecular weight excluding hydrogens is 366 g/mol. The van der Waals surface area contributed by atoms with E-state index in [1.807, 2.05) is 0 Å². The Labute approximate surface area is 144 Å². The van der Waals surface area contributed by atoms with Crippen LogP contribution in [-0.2, 0) is 25.2 Å². The van der Waals surface area contributed by atoms with Crippen LogP contribution in [0.15, 0.2) is 12.1 Å². The molecule has 0 bridgehead atoms. The van der Waals surface area contributed by atoms with Gasteiger partial charge in [0, 0.05) is 0 Å². The van der Waals surface area contributed by atoms with Crippen LogP contribution in [0.3, 0.4) is 0 Å². The fourth-order valence-electron chi connectivity index (χ4n) is 2.33. The molecule has 2 atom stereocenters. The van der Waals surface area contributed by atoms with Crippen molar-refractivity contribution in [3.8, 4) is 5.75 Å². The van der Waals surface area contributed by atoms with Gasteiger partial charge in [0.05, 0.1) is 6.61 Å². The molecule has 7 nitrogen and oxygen atoms in total. The van der Waals surface area contributed by atoms with Crippen LogP contribution in [0.1, 0.15) is 29.8 Å². The Hall–Kier alpha value is -2.40. The van der Waals surface area contributed by atoms with Crippen molar-refractivity contribution in [1.29, 1.82) is 0 Å². The van der Waals surface area contributed by atoms with Crippen LogP contribution in [0.4, 0.5) is 17.6 Å². The third-order valence-corrected chi connectivity index (χ3v) is 3.48. The number of benzene rings is 1. The molecule has 26 heavy (non-hydrogen) atoms. The summed E-state index contributed by atoms with van der Waals surface area (Å²) in [6.45, 7) is 2.85. The van der Waals surface area contributed by atoms with Crippen LogP contribution < -0.4 is 5.73 Å². The minimum atomic E-state index is -5.11. The van der Waals surface area contributed by atoms with Crippen molar-refractivity contribution in [2.75, 3.05) is 6.61 Å². The predicted octanol–water partition coefficient (Wildman–Crippen LogP) is 1.71. The van der Waals surface area contributed by atoms with Crippen molar-refractivity contribution in [2.24, 2.45) is 5.73 Å². The summed E-state index contributed by atoms with van der Waals surface area (Å²) in [5.74, 6) is -6.80. The fourth-order valence-corrected chi connectivity index (χ4v) is 2.33. The van der Waals surface area contributed by atoms with Gasteiger partial charge >= 0.3 is 12.1 Å². The molecule has 144 valence electrons. The van der Waals surface area contributed by atoms with Crippen LogP contribution in [0.2, 0.25) is 0 Å². The molecule has 1 aromatic rings. The molecule has 0 radical (unpaired) electrons. The number of halogens is 4. The SMILES string of the molecule is CC1(C)OCC(C(OC(=O)c2cc(F)cc(C(F)(F)F)c2O)C(N)=O)O1. The molecule has 1 amide bonds. The van der Waals surface area contributed by atoms with Gasteiger partial charge in [0.25, 0.3) is 5.91 Å². The number of amides is 1. The number of nitrogens with two attached hydrogens (primary N) is 1. The molecule has 0 aromatic heterocycles. The molecule has 3 N–H and O–H groups in total. The summed E-state index contributed by atoms with van der Waals surface area (Å²) < 4.78 is 67.1. The number of esters is 1. The second-order valence-electron chi connectivity index (χ2n) is 5.94. The number of rotatable bonds is 4. The zero-order chi connectivity index (χ0) is 19.9. The van der Waals surface area contributed by atoms with E-state index in [1.54, 1.807) is 0 Å². The Morgan fingerprint density at radius 1 is 1.38 bits per heavy atom. The van der Waals surface area contributed by atoms with Crippen molar-refractivity contribution in [3.05, 3.63) is 29.1 Å². The van der Waals surface area contributed by atoms with Crippen LogP contribution >= 0.6 is 0 Å². The molecule has 1 saturated heterocycles. The van der Waals surface area contributed by atoms with E-state index < -0.39 is 58.7 Å². The number of phenols is 1. The molecule has 0 spiro atoms. The highest BCUT2D eigenvalue weighted by Crippen LogP contribution is 2.38. The standard InChI is InChI=1S/C15H15F4NO6/c1-14(2)24-5-9(26-14)11(12(20)22)25-13(23)7-3-6(16)4-8(10(7)21)15(17,18)19/h3-4,9,11,21H,5H2,1-2H3,(H2,20,22). The molecule has 1 aromatic carbocycles. The quantitative estimate of drug-likeness (QED) is 0.607. The molecular formula is C15H15F4NO6. The first-order valence-corrected chi connectivity index (χ1v) is 7.23. The first-order valence-electron chi connectivity index (χ1n) is 7.23. The van der Waals surface area contributed by atoms with E-state index in [4.69, 9.17) is 19.9 Å². The van der Waals surface area contributed by atoms with Crippen molar-refractivity contribution in [2.45, 2.75) is 38.0 Å². The second kappa shape index (κ2) is 6.72. The van der Waals surface area contributed by atoms with Crippen LogP contribution in [0.25, 0.3) is 0 Å². The molecule has 2 unspecified atom stereocenters. The number of carbonyl (C=O) groups excluding carboxylic acids is 2. The summed E-state index contributed by atoms with van der Waals surface area (Å²) in [4.78, 5) is 23.6. The van der Waals surface area contributed by atoms with Crippen molar-refractivity contribution < 1.29 is 46.5 Å². The number of ether oxygens (including phenoxy) is 3. The van der Waals surface area contributed by atoms with Gasteiger partial charge in [-0.15, -0.1) is 0 Å². The van der Waals surface area contributed by atoms with Crippen molar-refractivity contribution >= 4 is 11.9 Å². The maximum atomic E-state index is 13.4. The molecule has 1 aliphatic rings. The van der Waals surface area contributed by atoms with Crippen LogP contribution in [-0.4, -0.2) is 41.6 Å². The summed E-state index contributed by atoms with van der Waals surface area (Å²) in [6, 6.07) is 0.370. The van der Waals surface area contributed by atoms with Gasteiger partial charge in [0.2, 0.25) is 6.10 Å². The van der Waals surface area contributed by atoms with Gasteiger partial charge < -0.3 is 25.1 Å². The van der Waals surface area contributed by atoms with Gasteiger partial charge in [0.1, 0.15) is 28.8 Å². The Balaban J connectivity index is 2.31. The number of hydrogen-bond acceptors (Lipinski definition) is 6. The lowest BCUT2D eigenvalue weighted by molar-refractivity contribution is -0.158. The maximum absolute atomic E-state index is 13.4.